The average molecular weight is 646 g/mol. The zero-order valence-electron chi connectivity index (χ0n) is 23.0. The lowest BCUT2D eigenvalue weighted by atomic mass is 10.3. The van der Waals surface area contributed by atoms with Crippen molar-refractivity contribution in [3.63, 3.8) is 0 Å². The van der Waals surface area contributed by atoms with Gasteiger partial charge in [-0.25, -0.2) is 26.3 Å². The van der Waals surface area contributed by atoms with Crippen molar-refractivity contribution in [2.75, 3.05) is 20.1 Å². The molecule has 0 amide bonds. The number of sulfonamides is 2. The Kier molecular flexibility index (Phi) is 7.96. The Hall–Kier alpha value is -4.74. The topological polar surface area (TPSA) is 207 Å². The molecule has 2 aromatic carbocycles. The van der Waals surface area contributed by atoms with Crippen LogP contribution >= 0.6 is 11.6 Å². The first kappa shape index (κ1) is 29.7. The van der Waals surface area contributed by atoms with Gasteiger partial charge in [0.15, 0.2) is 0 Å². The highest BCUT2D eigenvalue weighted by molar-refractivity contribution is 7.93. The summed E-state index contributed by atoms with van der Waals surface area (Å²) in [5.74, 6) is 0.239. The van der Waals surface area contributed by atoms with Crippen LogP contribution in [-0.2, 0) is 20.0 Å². The molecule has 0 aliphatic carbocycles. The van der Waals surface area contributed by atoms with E-state index in [1.807, 2.05) is 0 Å². The molecule has 0 unspecified atom stereocenters. The molecule has 0 saturated heterocycles. The lowest BCUT2D eigenvalue weighted by molar-refractivity contribution is 0.430. The van der Waals surface area contributed by atoms with E-state index < -0.39 is 20.0 Å². The minimum atomic E-state index is -3.92. The first-order valence-electron chi connectivity index (χ1n) is 12.4. The molecule has 0 radical (unpaired) electrons. The zero-order chi connectivity index (χ0) is 30.9. The van der Waals surface area contributed by atoms with Crippen molar-refractivity contribution in [3.05, 3.63) is 76.3 Å². The van der Waals surface area contributed by atoms with Gasteiger partial charge in [-0.15, -0.1) is 0 Å². The highest BCUT2D eigenvalue weighted by atomic mass is 35.5. The molecular weight excluding hydrogens is 622 g/mol. The molecule has 3 heterocycles. The molecule has 0 atom stereocenters. The third kappa shape index (κ3) is 6.68. The molecule has 43 heavy (non-hydrogen) atoms. The molecule has 0 spiro atoms. The van der Waals surface area contributed by atoms with E-state index in [9.17, 15) is 16.8 Å². The Bertz CT molecular complexity index is 1870. The second-order valence-corrected chi connectivity index (χ2v) is 12.9. The third-order valence-corrected chi connectivity index (χ3v) is 9.08. The van der Waals surface area contributed by atoms with Gasteiger partial charge in [0.2, 0.25) is 28.9 Å². The Morgan fingerprint density at radius 2 is 0.977 bits per heavy atom. The maximum atomic E-state index is 12.7. The summed E-state index contributed by atoms with van der Waals surface area (Å²) in [7, 11) is -7.84. The fourth-order valence-electron chi connectivity index (χ4n) is 3.54. The number of hydrogen-bond donors (Lipinski definition) is 4. The van der Waals surface area contributed by atoms with Gasteiger partial charge in [0.25, 0.3) is 20.0 Å². The lowest BCUT2D eigenvalue weighted by Gasteiger charge is -2.10. The molecule has 0 bridgehead atoms. The first-order valence-corrected chi connectivity index (χ1v) is 15.7. The van der Waals surface area contributed by atoms with E-state index in [2.05, 4.69) is 45.3 Å². The van der Waals surface area contributed by atoms with Crippen molar-refractivity contribution in [3.8, 4) is 0 Å². The predicted molar refractivity (Wildman–Crippen MR) is 158 cm³/mol. The van der Waals surface area contributed by atoms with Crippen LogP contribution in [0.1, 0.15) is 22.5 Å². The Labute approximate surface area is 251 Å². The number of benzene rings is 2. The lowest BCUT2D eigenvalue weighted by Crippen LogP contribution is -2.13. The fraction of sp³-hybridized carbons (Fsp3) is 0.160. The highest BCUT2D eigenvalue weighted by Gasteiger charge is 2.20. The van der Waals surface area contributed by atoms with Crippen molar-refractivity contribution in [1.29, 1.82) is 0 Å². The maximum absolute atomic E-state index is 12.7. The molecule has 5 aromatic rings. The van der Waals surface area contributed by atoms with Gasteiger partial charge >= 0.3 is 0 Å². The van der Waals surface area contributed by atoms with Crippen molar-refractivity contribution in [2.45, 2.75) is 37.5 Å². The average Bonchev–Trinajstić information content (AvgIpc) is 3.43. The summed E-state index contributed by atoms with van der Waals surface area (Å²) in [5.41, 5.74) is 3.27. The summed E-state index contributed by atoms with van der Waals surface area (Å²) in [4.78, 5) is 12.4. The second-order valence-electron chi connectivity index (χ2n) is 9.21. The summed E-state index contributed by atoms with van der Waals surface area (Å²) in [5, 5.41) is 13.2. The number of aryl methyl sites for hydroxylation is 2. The van der Waals surface area contributed by atoms with Crippen LogP contribution in [0.15, 0.2) is 67.4 Å². The van der Waals surface area contributed by atoms with Gasteiger partial charge in [0.1, 0.15) is 0 Å². The largest absolute Gasteiger partial charge is 0.337 e. The van der Waals surface area contributed by atoms with Crippen LogP contribution in [0.3, 0.4) is 0 Å². The molecule has 0 aliphatic rings. The molecule has 0 fully saturated rings. The van der Waals surface area contributed by atoms with E-state index >= 15 is 0 Å². The van der Waals surface area contributed by atoms with Crippen molar-refractivity contribution in [1.82, 2.24) is 25.3 Å². The number of anilines is 6. The molecule has 0 saturated carbocycles. The number of nitrogens with zero attached hydrogens (tertiary/aromatic N) is 5. The summed E-state index contributed by atoms with van der Waals surface area (Å²) < 4.78 is 65.8. The Morgan fingerprint density at radius 1 is 0.605 bits per heavy atom. The quantitative estimate of drug-likeness (QED) is 0.161. The predicted octanol–water partition coefficient (Wildman–Crippen LogP) is 4.82. The minimum absolute atomic E-state index is 0.00530. The standard InChI is InChI=1S/C25H24ClN9O6S2/c1-13-15(3)32-40-21(13)34-42(36,37)19-9-5-17(6-10-19)27-24-29-23(26)30-25(31-24)28-18-7-11-20(12-8-18)43(38,39)35-22-14(2)16(4)33-41-22/h5-12,34-35H,1-4H3,(H2,27,28,29,30,31). The van der Waals surface area contributed by atoms with Crippen molar-refractivity contribution in [2.24, 2.45) is 0 Å². The molecule has 224 valence electrons. The third-order valence-electron chi connectivity index (χ3n) is 6.22. The molecule has 18 heteroatoms. The molecular formula is C25H24ClN9O6S2. The maximum Gasteiger partial charge on any atom is 0.264 e. The Morgan fingerprint density at radius 3 is 1.30 bits per heavy atom. The Balaban J connectivity index is 1.26. The molecule has 4 N–H and O–H groups in total. The SMILES string of the molecule is Cc1noc(NS(=O)(=O)c2ccc(Nc3nc(Cl)nc(Nc4ccc(S(=O)(=O)Nc5onc(C)c5C)cc4)n3)cc2)c1C. The molecule has 3 aromatic heterocycles. The summed E-state index contributed by atoms with van der Waals surface area (Å²) in [6.45, 7) is 6.80. The number of halogens is 1. The van der Waals surface area contributed by atoms with Gasteiger partial charge in [0.05, 0.1) is 21.2 Å². The van der Waals surface area contributed by atoms with Gasteiger partial charge in [-0.3, -0.25) is 0 Å². The second kappa shape index (κ2) is 11.5. The summed E-state index contributed by atoms with van der Waals surface area (Å²) >= 11 is 6.09. The van der Waals surface area contributed by atoms with E-state index in [-0.39, 0.29) is 38.7 Å². The van der Waals surface area contributed by atoms with Crippen LogP contribution in [0.25, 0.3) is 0 Å². The van der Waals surface area contributed by atoms with Gasteiger partial charge in [-0.2, -0.15) is 15.0 Å². The smallest absolute Gasteiger partial charge is 0.264 e. The number of rotatable bonds is 10. The van der Waals surface area contributed by atoms with Crippen LogP contribution in [0, 0.1) is 27.7 Å². The number of aromatic nitrogens is 5. The van der Waals surface area contributed by atoms with Crippen LogP contribution in [0.2, 0.25) is 5.28 Å². The van der Waals surface area contributed by atoms with Crippen LogP contribution in [-0.4, -0.2) is 42.1 Å². The van der Waals surface area contributed by atoms with E-state index in [1.165, 1.54) is 48.5 Å². The van der Waals surface area contributed by atoms with Crippen LogP contribution in [0.4, 0.5) is 35.0 Å². The van der Waals surface area contributed by atoms with Gasteiger partial charge in [-0.05, 0) is 87.8 Å². The van der Waals surface area contributed by atoms with Gasteiger partial charge < -0.3 is 19.7 Å². The van der Waals surface area contributed by atoms with E-state index in [1.54, 1.807) is 27.7 Å². The monoisotopic (exact) mass is 645 g/mol. The minimum Gasteiger partial charge on any atom is -0.337 e. The fourth-order valence-corrected chi connectivity index (χ4v) is 5.79. The van der Waals surface area contributed by atoms with Crippen LogP contribution < -0.4 is 20.1 Å². The first-order chi connectivity index (χ1) is 20.3. The zero-order valence-corrected chi connectivity index (χ0v) is 25.4. The van der Waals surface area contributed by atoms with Gasteiger partial charge in [0, 0.05) is 22.5 Å². The summed E-state index contributed by atoms with van der Waals surface area (Å²) in [6, 6.07) is 11.6. The summed E-state index contributed by atoms with van der Waals surface area (Å²) in [6.07, 6.45) is 0. The van der Waals surface area contributed by atoms with E-state index in [0.717, 1.165) is 0 Å². The van der Waals surface area contributed by atoms with Crippen molar-refractivity contribution >= 4 is 66.7 Å². The molecule has 15 nitrogen and oxygen atoms in total. The molecule has 0 aliphatic heterocycles. The van der Waals surface area contributed by atoms with E-state index in [0.29, 0.717) is 33.9 Å². The number of nitrogens with one attached hydrogen (secondary N) is 4. The number of hydrogen-bond acceptors (Lipinski definition) is 13. The normalized spacial score (nSPS) is 11.7. The highest BCUT2D eigenvalue weighted by Crippen LogP contribution is 2.25. The van der Waals surface area contributed by atoms with Crippen molar-refractivity contribution < 1.29 is 25.9 Å². The van der Waals surface area contributed by atoms with Crippen LogP contribution in [0.5, 0.6) is 0 Å². The van der Waals surface area contributed by atoms with E-state index in [4.69, 9.17) is 20.6 Å². The van der Waals surface area contributed by atoms with Gasteiger partial charge in [-0.1, -0.05) is 10.3 Å². The molecule has 5 rings (SSSR count).